The van der Waals surface area contributed by atoms with E-state index in [2.05, 4.69) is 0 Å². The van der Waals surface area contributed by atoms with E-state index in [-0.39, 0.29) is 11.7 Å². The lowest BCUT2D eigenvalue weighted by Gasteiger charge is -2.21. The van der Waals surface area contributed by atoms with Crippen molar-refractivity contribution in [2.45, 2.75) is 32.7 Å². The van der Waals surface area contributed by atoms with Gasteiger partial charge in [-0.3, -0.25) is 4.79 Å². The second-order valence-corrected chi connectivity index (χ2v) is 6.25. The minimum atomic E-state index is -3.40. The molecule has 0 aromatic carbocycles. The molecule has 88 valence electrons. The van der Waals surface area contributed by atoms with Gasteiger partial charge in [0.15, 0.2) is 0 Å². The first-order valence-electron chi connectivity index (χ1n) is 5.07. The maximum absolute atomic E-state index is 11.8. The predicted molar refractivity (Wildman–Crippen MR) is 56.0 cm³/mol. The van der Waals surface area contributed by atoms with Gasteiger partial charge in [0.2, 0.25) is 10.0 Å². The van der Waals surface area contributed by atoms with Crippen molar-refractivity contribution in [3.8, 4) is 0 Å². The number of carboxylic acids is 1. The van der Waals surface area contributed by atoms with Gasteiger partial charge in [0.1, 0.15) is 6.04 Å². The molecule has 1 atom stereocenters. The van der Waals surface area contributed by atoms with E-state index in [0.717, 1.165) is 4.31 Å². The number of rotatable bonds is 4. The second-order valence-electron chi connectivity index (χ2n) is 4.28. The largest absolute Gasteiger partial charge is 0.480 e. The Morgan fingerprint density at radius 1 is 1.53 bits per heavy atom. The summed E-state index contributed by atoms with van der Waals surface area (Å²) in [6, 6.07) is -0.853. The van der Waals surface area contributed by atoms with Gasteiger partial charge in [0.25, 0.3) is 0 Å². The zero-order valence-corrected chi connectivity index (χ0v) is 9.83. The third-order valence-electron chi connectivity index (χ3n) is 2.39. The molecule has 0 bridgehead atoms. The third kappa shape index (κ3) is 2.92. The highest BCUT2D eigenvalue weighted by molar-refractivity contribution is 7.89. The molecule has 0 saturated carbocycles. The van der Waals surface area contributed by atoms with Gasteiger partial charge in [0, 0.05) is 6.54 Å². The topological polar surface area (TPSA) is 74.7 Å². The third-order valence-corrected chi connectivity index (χ3v) is 4.63. The zero-order valence-electron chi connectivity index (χ0n) is 9.01. The van der Waals surface area contributed by atoms with E-state index in [1.165, 1.54) is 0 Å². The molecular weight excluding hydrogens is 218 g/mol. The summed E-state index contributed by atoms with van der Waals surface area (Å²) in [4.78, 5) is 10.8. The Labute approximate surface area is 90.1 Å². The highest BCUT2D eigenvalue weighted by Gasteiger charge is 2.38. The average Bonchev–Trinajstić information content (AvgIpc) is 2.48. The lowest BCUT2D eigenvalue weighted by Crippen LogP contribution is -2.42. The highest BCUT2D eigenvalue weighted by Crippen LogP contribution is 2.22. The zero-order chi connectivity index (χ0) is 11.6. The summed E-state index contributed by atoms with van der Waals surface area (Å²) in [6.45, 7) is 3.96. The molecule has 1 saturated heterocycles. The van der Waals surface area contributed by atoms with Crippen molar-refractivity contribution >= 4 is 16.0 Å². The SMILES string of the molecule is CC(C)CS(=O)(=O)N1CCC[C@H]1C(=O)O. The van der Waals surface area contributed by atoms with E-state index in [1.807, 2.05) is 13.8 Å². The van der Waals surface area contributed by atoms with Gasteiger partial charge in [-0.25, -0.2) is 8.42 Å². The number of carbonyl (C=O) groups is 1. The van der Waals surface area contributed by atoms with Gasteiger partial charge in [-0.05, 0) is 18.8 Å². The van der Waals surface area contributed by atoms with Crippen LogP contribution in [0.3, 0.4) is 0 Å². The Bertz CT molecular complexity index is 336. The minimum absolute atomic E-state index is 0.0186. The van der Waals surface area contributed by atoms with Crippen LogP contribution < -0.4 is 0 Å². The van der Waals surface area contributed by atoms with Crippen LogP contribution in [0.2, 0.25) is 0 Å². The highest BCUT2D eigenvalue weighted by atomic mass is 32.2. The number of nitrogens with zero attached hydrogens (tertiary/aromatic N) is 1. The summed E-state index contributed by atoms with van der Waals surface area (Å²) in [5, 5.41) is 8.88. The lowest BCUT2D eigenvalue weighted by atomic mass is 10.2. The lowest BCUT2D eigenvalue weighted by molar-refractivity contribution is -0.140. The van der Waals surface area contributed by atoms with E-state index in [1.54, 1.807) is 0 Å². The van der Waals surface area contributed by atoms with Crippen molar-refractivity contribution in [3.05, 3.63) is 0 Å². The van der Waals surface area contributed by atoms with Crippen LogP contribution in [0.15, 0.2) is 0 Å². The fourth-order valence-electron chi connectivity index (χ4n) is 1.84. The van der Waals surface area contributed by atoms with Gasteiger partial charge < -0.3 is 5.11 Å². The normalized spacial score (nSPS) is 23.5. The molecule has 0 unspecified atom stereocenters. The van der Waals surface area contributed by atoms with Crippen molar-refractivity contribution in [1.29, 1.82) is 0 Å². The maximum Gasteiger partial charge on any atom is 0.322 e. The van der Waals surface area contributed by atoms with Crippen molar-refractivity contribution < 1.29 is 18.3 Å². The fraction of sp³-hybridized carbons (Fsp3) is 0.889. The molecule has 0 amide bonds. The predicted octanol–water partition coefficient (Wildman–Crippen LogP) is 0.521. The quantitative estimate of drug-likeness (QED) is 0.771. The molecule has 5 nitrogen and oxygen atoms in total. The first-order chi connectivity index (χ1) is 6.84. The molecule has 1 N–H and O–H groups in total. The van der Waals surface area contributed by atoms with Crippen LogP contribution in [-0.2, 0) is 14.8 Å². The van der Waals surface area contributed by atoms with Crippen LogP contribution in [0.5, 0.6) is 0 Å². The summed E-state index contributed by atoms with van der Waals surface area (Å²) in [6.07, 6.45) is 1.06. The Hall–Kier alpha value is -0.620. The van der Waals surface area contributed by atoms with Crippen molar-refractivity contribution in [2.75, 3.05) is 12.3 Å². The monoisotopic (exact) mass is 235 g/mol. The van der Waals surface area contributed by atoms with Gasteiger partial charge in [-0.1, -0.05) is 13.8 Å². The molecule has 0 aromatic heterocycles. The van der Waals surface area contributed by atoms with Crippen LogP contribution in [0.1, 0.15) is 26.7 Å². The molecule has 1 aliphatic heterocycles. The molecule has 0 aliphatic carbocycles. The molecule has 15 heavy (non-hydrogen) atoms. The number of carboxylic acid groups (broad SMARTS) is 1. The Balaban J connectivity index is 2.82. The van der Waals surface area contributed by atoms with Gasteiger partial charge in [-0.2, -0.15) is 4.31 Å². The van der Waals surface area contributed by atoms with E-state index in [0.29, 0.717) is 19.4 Å². The summed E-state index contributed by atoms with van der Waals surface area (Å²) in [5.41, 5.74) is 0. The second kappa shape index (κ2) is 4.49. The fourth-order valence-corrected chi connectivity index (χ4v) is 3.86. The molecule has 0 radical (unpaired) electrons. The summed E-state index contributed by atoms with van der Waals surface area (Å²) < 4.78 is 24.8. The maximum atomic E-state index is 11.8. The molecule has 1 rings (SSSR count). The van der Waals surface area contributed by atoms with E-state index in [9.17, 15) is 13.2 Å². The van der Waals surface area contributed by atoms with Crippen molar-refractivity contribution in [2.24, 2.45) is 5.92 Å². The standard InChI is InChI=1S/C9H17NO4S/c1-7(2)6-15(13,14)10-5-3-4-8(10)9(11)12/h7-8H,3-6H2,1-2H3,(H,11,12)/t8-/m0/s1. The first kappa shape index (κ1) is 12.4. The molecule has 1 heterocycles. The Kier molecular flexibility index (Phi) is 3.72. The van der Waals surface area contributed by atoms with Crippen LogP contribution in [0.25, 0.3) is 0 Å². The molecule has 1 fully saturated rings. The number of aliphatic carboxylic acids is 1. The molecule has 0 aromatic rings. The molecule has 6 heteroatoms. The van der Waals surface area contributed by atoms with Crippen LogP contribution in [0, 0.1) is 5.92 Å². The molecule has 1 aliphatic rings. The van der Waals surface area contributed by atoms with Crippen LogP contribution in [0.4, 0.5) is 0 Å². The van der Waals surface area contributed by atoms with E-state index >= 15 is 0 Å². The average molecular weight is 235 g/mol. The molecule has 0 spiro atoms. The van der Waals surface area contributed by atoms with Crippen LogP contribution in [-0.4, -0.2) is 42.1 Å². The number of hydrogen-bond acceptors (Lipinski definition) is 3. The first-order valence-corrected chi connectivity index (χ1v) is 6.68. The van der Waals surface area contributed by atoms with Crippen molar-refractivity contribution in [1.82, 2.24) is 4.31 Å². The van der Waals surface area contributed by atoms with E-state index < -0.39 is 22.0 Å². The summed E-state index contributed by atoms with van der Waals surface area (Å²) >= 11 is 0. The van der Waals surface area contributed by atoms with Gasteiger partial charge in [0.05, 0.1) is 5.75 Å². The summed E-state index contributed by atoms with van der Waals surface area (Å²) in [7, 11) is -3.40. The molecular formula is C9H17NO4S. The number of sulfonamides is 1. The number of hydrogen-bond donors (Lipinski definition) is 1. The van der Waals surface area contributed by atoms with Crippen molar-refractivity contribution in [3.63, 3.8) is 0 Å². The smallest absolute Gasteiger partial charge is 0.322 e. The Morgan fingerprint density at radius 3 is 2.60 bits per heavy atom. The minimum Gasteiger partial charge on any atom is -0.480 e. The van der Waals surface area contributed by atoms with E-state index in [4.69, 9.17) is 5.11 Å². The van der Waals surface area contributed by atoms with Gasteiger partial charge >= 0.3 is 5.97 Å². The Morgan fingerprint density at radius 2 is 2.13 bits per heavy atom. The van der Waals surface area contributed by atoms with Gasteiger partial charge in [-0.15, -0.1) is 0 Å². The van der Waals surface area contributed by atoms with Crippen LogP contribution >= 0.6 is 0 Å². The summed E-state index contributed by atoms with van der Waals surface area (Å²) in [5.74, 6) is -0.999.